The lowest BCUT2D eigenvalue weighted by atomic mass is 9.99. The predicted molar refractivity (Wildman–Crippen MR) is 67.7 cm³/mol. The first-order valence-corrected chi connectivity index (χ1v) is 6.95. The molecular formula is C13H20FNS. The van der Waals surface area contributed by atoms with E-state index in [0.717, 1.165) is 18.9 Å². The van der Waals surface area contributed by atoms with Crippen LogP contribution in [0.4, 0.5) is 4.39 Å². The first kappa shape index (κ1) is 12.1. The number of thiophene rings is 1. The van der Waals surface area contributed by atoms with Crippen molar-refractivity contribution in [2.45, 2.75) is 38.5 Å². The van der Waals surface area contributed by atoms with E-state index in [9.17, 15) is 4.39 Å². The molecule has 1 heterocycles. The summed E-state index contributed by atoms with van der Waals surface area (Å²) in [5, 5.41) is 3.14. The molecule has 1 atom stereocenters. The highest BCUT2D eigenvalue weighted by molar-refractivity contribution is 7.10. The van der Waals surface area contributed by atoms with Crippen LogP contribution < -0.4 is 5.32 Å². The van der Waals surface area contributed by atoms with E-state index in [1.165, 1.54) is 41.0 Å². The van der Waals surface area contributed by atoms with Gasteiger partial charge in [-0.3, -0.25) is 0 Å². The minimum absolute atomic E-state index is 0.0243. The van der Waals surface area contributed by atoms with Gasteiger partial charge in [0.15, 0.2) is 5.13 Å². The fraction of sp³-hybridized carbons (Fsp3) is 0.692. The standard InChI is InChI=1S/C13H20FNS/c1-9(8-15-2)11-7-13(14)16-12(11)6-5-10-3-4-10/h7,9-10,15H,3-6,8H2,1-2H3/t9-/m1/s1. The summed E-state index contributed by atoms with van der Waals surface area (Å²) in [5.41, 5.74) is 1.22. The van der Waals surface area contributed by atoms with Gasteiger partial charge in [-0.15, -0.1) is 11.3 Å². The molecule has 0 aromatic carbocycles. The monoisotopic (exact) mass is 241 g/mol. The number of rotatable bonds is 6. The molecule has 0 aliphatic heterocycles. The first-order chi connectivity index (χ1) is 7.70. The first-order valence-electron chi connectivity index (χ1n) is 6.13. The quantitative estimate of drug-likeness (QED) is 0.803. The summed E-state index contributed by atoms with van der Waals surface area (Å²) >= 11 is 1.34. The van der Waals surface area contributed by atoms with Crippen molar-refractivity contribution >= 4 is 11.3 Å². The van der Waals surface area contributed by atoms with Crippen molar-refractivity contribution in [3.63, 3.8) is 0 Å². The van der Waals surface area contributed by atoms with Crippen LogP contribution in [0.5, 0.6) is 0 Å². The van der Waals surface area contributed by atoms with Crippen LogP contribution in [-0.4, -0.2) is 13.6 Å². The van der Waals surface area contributed by atoms with Crippen LogP contribution in [0.15, 0.2) is 6.07 Å². The molecule has 0 amide bonds. The minimum atomic E-state index is -0.0243. The normalized spacial score (nSPS) is 17.7. The van der Waals surface area contributed by atoms with Crippen molar-refractivity contribution in [2.75, 3.05) is 13.6 Å². The topological polar surface area (TPSA) is 12.0 Å². The SMILES string of the molecule is CNC[C@@H](C)c1cc(F)sc1CCC1CC1. The van der Waals surface area contributed by atoms with Crippen molar-refractivity contribution in [3.8, 4) is 0 Å². The maximum absolute atomic E-state index is 13.3. The zero-order chi connectivity index (χ0) is 11.5. The predicted octanol–water partition coefficient (Wildman–Crippen LogP) is 3.55. The number of nitrogens with one attached hydrogen (secondary N) is 1. The van der Waals surface area contributed by atoms with E-state index in [-0.39, 0.29) is 5.13 Å². The minimum Gasteiger partial charge on any atom is -0.319 e. The molecule has 0 bridgehead atoms. The fourth-order valence-corrected chi connectivity index (χ4v) is 3.20. The number of hydrogen-bond donors (Lipinski definition) is 1. The third-order valence-electron chi connectivity index (χ3n) is 3.33. The van der Waals surface area contributed by atoms with E-state index in [0.29, 0.717) is 5.92 Å². The Bertz CT molecular complexity index is 344. The van der Waals surface area contributed by atoms with Gasteiger partial charge < -0.3 is 5.32 Å². The Morgan fingerprint density at radius 2 is 2.31 bits per heavy atom. The highest BCUT2D eigenvalue weighted by atomic mass is 32.1. The molecule has 1 aromatic rings. The molecule has 1 saturated carbocycles. The Morgan fingerprint density at radius 3 is 2.94 bits per heavy atom. The van der Waals surface area contributed by atoms with Crippen molar-refractivity contribution in [1.82, 2.24) is 5.32 Å². The molecule has 2 rings (SSSR count). The van der Waals surface area contributed by atoms with Crippen LogP contribution in [0.3, 0.4) is 0 Å². The Labute approximate surface area is 101 Å². The third-order valence-corrected chi connectivity index (χ3v) is 4.33. The molecule has 0 radical (unpaired) electrons. The average Bonchev–Trinajstić information content (AvgIpc) is 2.99. The van der Waals surface area contributed by atoms with E-state index in [1.807, 2.05) is 7.05 Å². The second-order valence-corrected chi connectivity index (χ2v) is 5.96. The maximum Gasteiger partial charge on any atom is 0.176 e. The second kappa shape index (κ2) is 5.28. The van der Waals surface area contributed by atoms with Crippen LogP contribution >= 0.6 is 11.3 Å². The molecule has 16 heavy (non-hydrogen) atoms. The van der Waals surface area contributed by atoms with Crippen molar-refractivity contribution in [2.24, 2.45) is 5.92 Å². The van der Waals surface area contributed by atoms with Crippen LogP contribution in [0.25, 0.3) is 0 Å². The van der Waals surface area contributed by atoms with Gasteiger partial charge in [0.25, 0.3) is 0 Å². The van der Waals surface area contributed by atoms with Gasteiger partial charge in [0.05, 0.1) is 0 Å². The lowest BCUT2D eigenvalue weighted by molar-refractivity contribution is 0.643. The summed E-state index contributed by atoms with van der Waals surface area (Å²) in [4.78, 5) is 1.27. The lowest BCUT2D eigenvalue weighted by Crippen LogP contribution is -2.15. The molecular weight excluding hydrogens is 221 g/mol. The molecule has 3 heteroatoms. The molecule has 90 valence electrons. The average molecular weight is 241 g/mol. The summed E-state index contributed by atoms with van der Waals surface area (Å²) in [6.07, 6.45) is 5.09. The molecule has 1 nitrogen and oxygen atoms in total. The zero-order valence-corrected chi connectivity index (χ0v) is 10.9. The van der Waals surface area contributed by atoms with Crippen LogP contribution in [0, 0.1) is 11.0 Å². The van der Waals surface area contributed by atoms with Crippen molar-refractivity contribution in [3.05, 3.63) is 21.6 Å². The van der Waals surface area contributed by atoms with Gasteiger partial charge in [-0.25, -0.2) is 0 Å². The molecule has 0 saturated heterocycles. The molecule has 1 N–H and O–H groups in total. The summed E-state index contributed by atoms with van der Waals surface area (Å²) < 4.78 is 13.3. The smallest absolute Gasteiger partial charge is 0.176 e. The van der Waals surface area contributed by atoms with Gasteiger partial charge in [-0.05, 0) is 43.4 Å². The summed E-state index contributed by atoms with van der Waals surface area (Å²) in [7, 11) is 1.95. The highest BCUT2D eigenvalue weighted by Crippen LogP contribution is 2.36. The Hall–Kier alpha value is -0.410. The zero-order valence-electron chi connectivity index (χ0n) is 10.1. The van der Waals surface area contributed by atoms with Crippen LogP contribution in [0.1, 0.15) is 42.5 Å². The molecule has 1 aromatic heterocycles. The molecule has 0 unspecified atom stereocenters. The van der Waals surface area contributed by atoms with E-state index in [4.69, 9.17) is 0 Å². The van der Waals surface area contributed by atoms with Crippen LogP contribution in [0.2, 0.25) is 0 Å². The highest BCUT2D eigenvalue weighted by Gasteiger charge is 2.22. The Kier molecular flexibility index (Phi) is 3.98. The van der Waals surface area contributed by atoms with Crippen LogP contribution in [-0.2, 0) is 6.42 Å². The van der Waals surface area contributed by atoms with Gasteiger partial charge in [0.1, 0.15) is 0 Å². The summed E-state index contributed by atoms with van der Waals surface area (Å²) in [6.45, 7) is 3.09. The van der Waals surface area contributed by atoms with E-state index in [2.05, 4.69) is 12.2 Å². The van der Waals surface area contributed by atoms with Gasteiger partial charge in [0.2, 0.25) is 0 Å². The van der Waals surface area contributed by atoms with Crippen molar-refractivity contribution in [1.29, 1.82) is 0 Å². The van der Waals surface area contributed by atoms with Gasteiger partial charge in [0, 0.05) is 11.4 Å². The molecule has 1 aliphatic carbocycles. The van der Waals surface area contributed by atoms with Gasteiger partial charge in [-0.2, -0.15) is 4.39 Å². The maximum atomic E-state index is 13.3. The Morgan fingerprint density at radius 1 is 1.56 bits per heavy atom. The summed E-state index contributed by atoms with van der Waals surface area (Å²) in [6, 6.07) is 1.73. The molecule has 0 spiro atoms. The third kappa shape index (κ3) is 3.05. The van der Waals surface area contributed by atoms with E-state index >= 15 is 0 Å². The van der Waals surface area contributed by atoms with E-state index in [1.54, 1.807) is 6.07 Å². The molecule has 1 aliphatic rings. The number of likely N-dealkylation sites (N-methyl/N-ethyl adjacent to an activating group) is 1. The second-order valence-electron chi connectivity index (χ2n) is 4.87. The number of hydrogen-bond acceptors (Lipinski definition) is 2. The lowest BCUT2D eigenvalue weighted by Gasteiger charge is -2.11. The Balaban J connectivity index is 2.02. The van der Waals surface area contributed by atoms with Gasteiger partial charge in [-0.1, -0.05) is 19.8 Å². The van der Waals surface area contributed by atoms with Gasteiger partial charge >= 0.3 is 0 Å². The number of aryl methyl sites for hydroxylation is 1. The largest absolute Gasteiger partial charge is 0.319 e. The van der Waals surface area contributed by atoms with E-state index < -0.39 is 0 Å². The van der Waals surface area contributed by atoms with Crippen molar-refractivity contribution < 1.29 is 4.39 Å². The number of halogens is 1. The molecule has 1 fully saturated rings. The summed E-state index contributed by atoms with van der Waals surface area (Å²) in [5.74, 6) is 1.34. The fourth-order valence-electron chi connectivity index (χ4n) is 2.18.